The topological polar surface area (TPSA) is 73.1 Å². The lowest BCUT2D eigenvalue weighted by atomic mass is 9.95. The van der Waals surface area contributed by atoms with Crippen molar-refractivity contribution in [1.82, 2.24) is 4.57 Å². The molecule has 2 heterocycles. The number of hydrogen-bond donors (Lipinski definition) is 0. The summed E-state index contributed by atoms with van der Waals surface area (Å²) in [6.45, 7) is 4.21. The number of nitrogens with zero attached hydrogens (tertiary/aromatic N) is 3. The highest BCUT2D eigenvalue weighted by Crippen LogP contribution is 2.31. The summed E-state index contributed by atoms with van der Waals surface area (Å²) in [4.78, 5) is 34.4. The Hall–Kier alpha value is -4.95. The van der Waals surface area contributed by atoms with Crippen LogP contribution in [0.5, 0.6) is 5.75 Å². The van der Waals surface area contributed by atoms with Gasteiger partial charge in [-0.15, -0.1) is 0 Å². The number of benzene rings is 4. The monoisotopic (exact) mass is 603 g/mol. The van der Waals surface area contributed by atoms with E-state index in [0.29, 0.717) is 33.0 Å². The minimum Gasteiger partial charge on any atom is -0.489 e. The van der Waals surface area contributed by atoms with Gasteiger partial charge in [0.15, 0.2) is 4.80 Å². The van der Waals surface area contributed by atoms with E-state index in [4.69, 9.17) is 9.47 Å². The lowest BCUT2D eigenvalue weighted by molar-refractivity contribution is -0.139. The standard InChI is InChI=1S/C36H33N3O4S/c1-5-42-35(41)32-23(2)37-36-39(33(32)26-16-18-28(19-17-26)38(3)4)34(40)31(44-36)21-24-10-8-14-29(20-24)43-22-27-13-9-12-25-11-6-7-15-30(25)27/h6-21,33H,5,22H2,1-4H3/b31-21+/t33-/m1/s1. The zero-order valence-corrected chi connectivity index (χ0v) is 25.9. The van der Waals surface area contributed by atoms with Gasteiger partial charge in [0.05, 0.1) is 28.5 Å². The summed E-state index contributed by atoms with van der Waals surface area (Å²) in [5.41, 5.74) is 4.46. The van der Waals surface area contributed by atoms with Gasteiger partial charge >= 0.3 is 5.97 Å². The fourth-order valence-electron chi connectivity index (χ4n) is 5.49. The van der Waals surface area contributed by atoms with Crippen molar-refractivity contribution in [3.63, 3.8) is 0 Å². The highest BCUT2D eigenvalue weighted by molar-refractivity contribution is 7.07. The van der Waals surface area contributed by atoms with Crippen molar-refractivity contribution in [2.24, 2.45) is 4.99 Å². The first-order valence-corrected chi connectivity index (χ1v) is 15.3. The second-order valence-electron chi connectivity index (χ2n) is 10.8. The molecule has 1 aromatic heterocycles. The van der Waals surface area contributed by atoms with Crippen molar-refractivity contribution in [2.45, 2.75) is 26.5 Å². The zero-order valence-electron chi connectivity index (χ0n) is 25.1. The molecular weight excluding hydrogens is 570 g/mol. The number of esters is 1. The molecule has 4 aromatic carbocycles. The normalized spacial score (nSPS) is 14.7. The lowest BCUT2D eigenvalue weighted by Gasteiger charge is -2.25. The molecule has 1 aliphatic heterocycles. The van der Waals surface area contributed by atoms with E-state index in [0.717, 1.165) is 27.8 Å². The van der Waals surface area contributed by atoms with Gasteiger partial charge < -0.3 is 14.4 Å². The van der Waals surface area contributed by atoms with Crippen LogP contribution in [0.15, 0.2) is 112 Å². The third kappa shape index (κ3) is 5.68. The summed E-state index contributed by atoms with van der Waals surface area (Å²) in [5.74, 6) is 0.236. The van der Waals surface area contributed by atoms with Crippen LogP contribution in [0.4, 0.5) is 5.69 Å². The number of ether oxygens (including phenoxy) is 2. The van der Waals surface area contributed by atoms with Crippen LogP contribution < -0.4 is 24.5 Å². The van der Waals surface area contributed by atoms with Gasteiger partial charge in [-0.05, 0) is 71.7 Å². The molecule has 1 atom stereocenters. The number of aromatic nitrogens is 1. The summed E-state index contributed by atoms with van der Waals surface area (Å²) in [7, 11) is 3.94. The number of carbonyl (C=O) groups excluding carboxylic acids is 1. The molecule has 8 heteroatoms. The van der Waals surface area contributed by atoms with Gasteiger partial charge in [-0.2, -0.15) is 0 Å². The van der Waals surface area contributed by atoms with Crippen molar-refractivity contribution in [1.29, 1.82) is 0 Å². The average Bonchev–Trinajstić information content (AvgIpc) is 3.33. The molecule has 1 aliphatic rings. The van der Waals surface area contributed by atoms with E-state index >= 15 is 0 Å². The van der Waals surface area contributed by atoms with Gasteiger partial charge in [-0.25, -0.2) is 9.79 Å². The molecule has 0 bridgehead atoms. The van der Waals surface area contributed by atoms with Crippen LogP contribution >= 0.6 is 11.3 Å². The molecule has 0 N–H and O–H groups in total. The lowest BCUT2D eigenvalue weighted by Crippen LogP contribution is -2.39. The molecule has 0 fully saturated rings. The summed E-state index contributed by atoms with van der Waals surface area (Å²) in [6, 6.07) is 29.4. The fourth-order valence-corrected chi connectivity index (χ4v) is 6.53. The molecule has 0 unspecified atom stereocenters. The third-order valence-electron chi connectivity index (χ3n) is 7.67. The maximum Gasteiger partial charge on any atom is 0.338 e. The number of anilines is 1. The SMILES string of the molecule is CCOC(=O)C1=C(C)N=c2s/c(=C/c3cccc(OCc4cccc5ccccc45)c3)c(=O)n2[C@@H]1c1ccc(N(C)C)cc1. The summed E-state index contributed by atoms with van der Waals surface area (Å²) in [5, 5.41) is 2.33. The molecule has 0 saturated carbocycles. The van der Waals surface area contributed by atoms with Crippen LogP contribution in [-0.2, 0) is 16.1 Å². The minimum absolute atomic E-state index is 0.216. The maximum absolute atomic E-state index is 14.0. The second-order valence-corrected chi connectivity index (χ2v) is 11.8. The van der Waals surface area contributed by atoms with E-state index in [-0.39, 0.29) is 12.2 Å². The molecule has 5 aromatic rings. The largest absolute Gasteiger partial charge is 0.489 e. The number of rotatable bonds is 8. The van der Waals surface area contributed by atoms with Crippen molar-refractivity contribution < 1.29 is 14.3 Å². The first-order chi connectivity index (χ1) is 21.3. The van der Waals surface area contributed by atoms with Gasteiger partial charge in [0, 0.05) is 19.8 Å². The molecule has 0 saturated heterocycles. The molecule has 222 valence electrons. The molecule has 44 heavy (non-hydrogen) atoms. The van der Waals surface area contributed by atoms with E-state index in [1.165, 1.54) is 16.7 Å². The van der Waals surface area contributed by atoms with E-state index < -0.39 is 12.0 Å². The van der Waals surface area contributed by atoms with E-state index in [2.05, 4.69) is 29.3 Å². The van der Waals surface area contributed by atoms with Gasteiger partial charge in [-0.3, -0.25) is 9.36 Å². The Balaban J connectivity index is 1.36. The highest BCUT2D eigenvalue weighted by Gasteiger charge is 2.33. The Morgan fingerprint density at radius 3 is 2.52 bits per heavy atom. The number of fused-ring (bicyclic) bond motifs is 2. The van der Waals surface area contributed by atoms with Gasteiger partial charge in [-0.1, -0.05) is 78.1 Å². The van der Waals surface area contributed by atoms with Gasteiger partial charge in [0.2, 0.25) is 0 Å². The summed E-state index contributed by atoms with van der Waals surface area (Å²) >= 11 is 1.30. The predicted molar refractivity (Wildman–Crippen MR) is 176 cm³/mol. The van der Waals surface area contributed by atoms with Gasteiger partial charge in [0.25, 0.3) is 5.56 Å². The quantitative estimate of drug-likeness (QED) is 0.216. The van der Waals surface area contributed by atoms with Crippen LogP contribution in [0.1, 0.15) is 36.6 Å². The third-order valence-corrected chi connectivity index (χ3v) is 8.66. The number of carbonyl (C=O) groups is 1. The number of thiazole rings is 1. The molecular formula is C36H33N3O4S. The summed E-state index contributed by atoms with van der Waals surface area (Å²) in [6.07, 6.45) is 1.85. The summed E-state index contributed by atoms with van der Waals surface area (Å²) < 4.78 is 13.7. The molecule has 6 rings (SSSR count). The van der Waals surface area contributed by atoms with Crippen LogP contribution in [-0.4, -0.2) is 31.2 Å². The number of hydrogen-bond acceptors (Lipinski definition) is 7. The average molecular weight is 604 g/mol. The smallest absolute Gasteiger partial charge is 0.338 e. The first kappa shape index (κ1) is 29.1. The van der Waals surface area contributed by atoms with E-state index in [1.54, 1.807) is 18.4 Å². The van der Waals surface area contributed by atoms with Crippen LogP contribution in [0, 0.1) is 0 Å². The van der Waals surface area contributed by atoms with Crippen molar-refractivity contribution in [3.8, 4) is 5.75 Å². The highest BCUT2D eigenvalue weighted by atomic mass is 32.1. The van der Waals surface area contributed by atoms with Crippen LogP contribution in [0.3, 0.4) is 0 Å². The van der Waals surface area contributed by atoms with Crippen molar-refractivity contribution >= 4 is 39.8 Å². The van der Waals surface area contributed by atoms with Crippen molar-refractivity contribution in [2.75, 3.05) is 25.6 Å². The van der Waals surface area contributed by atoms with Crippen molar-refractivity contribution in [3.05, 3.63) is 139 Å². The fraction of sp³-hybridized carbons (Fsp3) is 0.194. The Morgan fingerprint density at radius 1 is 1.00 bits per heavy atom. The Labute approximate surface area is 259 Å². The second kappa shape index (κ2) is 12.3. The van der Waals surface area contributed by atoms with Crippen LogP contribution in [0.2, 0.25) is 0 Å². The van der Waals surface area contributed by atoms with E-state index in [9.17, 15) is 9.59 Å². The predicted octanol–water partition coefficient (Wildman–Crippen LogP) is 5.60. The molecule has 7 nitrogen and oxygen atoms in total. The molecule has 0 spiro atoms. The Kier molecular flexibility index (Phi) is 8.17. The minimum atomic E-state index is -0.654. The van der Waals surface area contributed by atoms with Gasteiger partial charge in [0.1, 0.15) is 12.4 Å². The molecule has 0 aliphatic carbocycles. The molecule has 0 radical (unpaired) electrons. The van der Waals surface area contributed by atoms with Crippen LogP contribution in [0.25, 0.3) is 16.8 Å². The maximum atomic E-state index is 14.0. The Morgan fingerprint density at radius 2 is 1.75 bits per heavy atom. The first-order valence-electron chi connectivity index (χ1n) is 14.5. The molecule has 0 amide bonds. The zero-order chi connectivity index (χ0) is 30.8. The number of allylic oxidation sites excluding steroid dienone is 1. The van der Waals surface area contributed by atoms with E-state index in [1.807, 2.05) is 91.8 Å². The Bertz CT molecular complexity index is 2070.